The third kappa shape index (κ3) is 2.76. The van der Waals surface area contributed by atoms with E-state index in [1.54, 1.807) is 6.20 Å². The summed E-state index contributed by atoms with van der Waals surface area (Å²) in [5.41, 5.74) is 0.145. The first-order valence-electron chi connectivity index (χ1n) is 4.57. The molecule has 0 aliphatic carbocycles. The van der Waals surface area contributed by atoms with Gasteiger partial charge in [0, 0.05) is 19.3 Å². The van der Waals surface area contributed by atoms with Crippen molar-refractivity contribution in [2.75, 3.05) is 13.1 Å². The van der Waals surface area contributed by atoms with Gasteiger partial charge in [-0.3, -0.25) is 0 Å². The van der Waals surface area contributed by atoms with Gasteiger partial charge in [0.1, 0.15) is 17.7 Å². The molecule has 1 aliphatic rings. The van der Waals surface area contributed by atoms with Crippen LogP contribution in [0.15, 0.2) is 11.8 Å². The lowest BCUT2D eigenvalue weighted by molar-refractivity contribution is -0.0541. The maximum Gasteiger partial charge on any atom is 0.145 e. The van der Waals surface area contributed by atoms with Crippen LogP contribution in [0.5, 0.6) is 0 Å². The topological polar surface area (TPSA) is 60.0 Å². The molecule has 4 heteroatoms. The quantitative estimate of drug-likeness (QED) is 0.581. The lowest BCUT2D eigenvalue weighted by Crippen LogP contribution is -2.42. The highest BCUT2D eigenvalue weighted by molar-refractivity contribution is 5.34. The largest absolute Gasteiger partial charge is 0.372 e. The molecule has 0 aromatic carbocycles. The molecule has 2 unspecified atom stereocenters. The average molecular weight is 191 g/mol. The van der Waals surface area contributed by atoms with Crippen molar-refractivity contribution in [3.05, 3.63) is 11.8 Å². The summed E-state index contributed by atoms with van der Waals surface area (Å²) in [5.74, 6) is 0. The molecule has 0 spiro atoms. The zero-order valence-electron chi connectivity index (χ0n) is 8.40. The van der Waals surface area contributed by atoms with Gasteiger partial charge in [-0.05, 0) is 13.8 Å². The van der Waals surface area contributed by atoms with Crippen LogP contribution in [0.4, 0.5) is 0 Å². The molecular formula is C10H13N3O. The molecule has 1 fully saturated rings. The number of nitriles is 2. The van der Waals surface area contributed by atoms with Gasteiger partial charge in [0.25, 0.3) is 0 Å². The molecule has 14 heavy (non-hydrogen) atoms. The first-order valence-corrected chi connectivity index (χ1v) is 4.57. The summed E-state index contributed by atoms with van der Waals surface area (Å²) in [6.45, 7) is 5.43. The Hall–Kier alpha value is -1.52. The van der Waals surface area contributed by atoms with Crippen molar-refractivity contribution in [1.29, 1.82) is 10.5 Å². The van der Waals surface area contributed by atoms with E-state index in [4.69, 9.17) is 15.3 Å². The number of rotatable bonds is 1. The Morgan fingerprint density at radius 2 is 1.79 bits per heavy atom. The standard InChI is InChI=1S/C10H13N3O/c1-8-5-13(6-9(2)14-8)7-10(3-11)4-12/h7-9H,5-6H2,1-2H3. The maximum atomic E-state index is 8.59. The molecule has 0 bridgehead atoms. The van der Waals surface area contributed by atoms with E-state index in [0.29, 0.717) is 0 Å². The number of hydrogen-bond donors (Lipinski definition) is 0. The van der Waals surface area contributed by atoms with E-state index >= 15 is 0 Å². The summed E-state index contributed by atoms with van der Waals surface area (Å²) in [5, 5.41) is 17.2. The fourth-order valence-corrected chi connectivity index (χ4v) is 1.59. The summed E-state index contributed by atoms with van der Waals surface area (Å²) < 4.78 is 5.53. The van der Waals surface area contributed by atoms with Crippen LogP contribution in [-0.4, -0.2) is 30.2 Å². The smallest absolute Gasteiger partial charge is 0.145 e. The number of ether oxygens (including phenoxy) is 1. The molecule has 1 saturated heterocycles. The van der Waals surface area contributed by atoms with E-state index in [1.807, 2.05) is 30.9 Å². The Morgan fingerprint density at radius 1 is 1.29 bits per heavy atom. The van der Waals surface area contributed by atoms with Gasteiger partial charge in [0.15, 0.2) is 0 Å². The number of hydrogen-bond acceptors (Lipinski definition) is 4. The number of allylic oxidation sites excluding steroid dienone is 1. The van der Waals surface area contributed by atoms with Crippen LogP contribution in [0.3, 0.4) is 0 Å². The SMILES string of the molecule is CC1CN(C=C(C#N)C#N)CC(C)O1. The molecule has 4 nitrogen and oxygen atoms in total. The highest BCUT2D eigenvalue weighted by Gasteiger charge is 2.20. The van der Waals surface area contributed by atoms with Crippen molar-refractivity contribution >= 4 is 0 Å². The van der Waals surface area contributed by atoms with Crippen molar-refractivity contribution in [3.8, 4) is 12.1 Å². The van der Waals surface area contributed by atoms with Crippen LogP contribution in [0.1, 0.15) is 13.8 Å². The second-order valence-electron chi connectivity index (χ2n) is 3.48. The predicted molar refractivity (Wildman–Crippen MR) is 50.9 cm³/mol. The molecule has 0 radical (unpaired) electrons. The van der Waals surface area contributed by atoms with Gasteiger partial charge in [-0.25, -0.2) is 0 Å². The third-order valence-corrected chi connectivity index (χ3v) is 2.00. The van der Waals surface area contributed by atoms with Gasteiger partial charge in [-0.15, -0.1) is 0 Å². The minimum absolute atomic E-state index is 0.145. The second kappa shape index (κ2) is 4.64. The molecule has 0 amide bonds. The predicted octanol–water partition coefficient (Wildman–Crippen LogP) is 1.03. The summed E-state index contributed by atoms with van der Waals surface area (Å²) in [4.78, 5) is 1.96. The Labute approximate surface area is 84.0 Å². The third-order valence-electron chi connectivity index (χ3n) is 2.00. The van der Waals surface area contributed by atoms with Crippen molar-refractivity contribution < 1.29 is 4.74 Å². The Morgan fingerprint density at radius 3 is 2.21 bits per heavy atom. The minimum Gasteiger partial charge on any atom is -0.372 e. The van der Waals surface area contributed by atoms with Crippen LogP contribution in [0.25, 0.3) is 0 Å². The monoisotopic (exact) mass is 191 g/mol. The van der Waals surface area contributed by atoms with Crippen LogP contribution in [0.2, 0.25) is 0 Å². The molecule has 0 N–H and O–H groups in total. The lowest BCUT2D eigenvalue weighted by Gasteiger charge is -2.34. The van der Waals surface area contributed by atoms with Crippen LogP contribution in [-0.2, 0) is 4.74 Å². The van der Waals surface area contributed by atoms with E-state index in [1.165, 1.54) is 0 Å². The molecule has 1 rings (SSSR count). The molecule has 1 aliphatic heterocycles. The maximum absolute atomic E-state index is 8.59. The molecule has 2 atom stereocenters. The van der Waals surface area contributed by atoms with E-state index in [0.717, 1.165) is 13.1 Å². The zero-order chi connectivity index (χ0) is 10.6. The number of morpholine rings is 1. The average Bonchev–Trinajstić information content (AvgIpc) is 2.12. The van der Waals surface area contributed by atoms with Crippen LogP contribution >= 0.6 is 0 Å². The van der Waals surface area contributed by atoms with E-state index in [2.05, 4.69) is 0 Å². The molecule has 74 valence electrons. The van der Waals surface area contributed by atoms with E-state index in [9.17, 15) is 0 Å². The Bertz CT molecular complexity index is 284. The molecule has 1 heterocycles. The lowest BCUT2D eigenvalue weighted by atomic mass is 10.2. The van der Waals surface area contributed by atoms with E-state index < -0.39 is 0 Å². The van der Waals surface area contributed by atoms with Gasteiger partial charge >= 0.3 is 0 Å². The van der Waals surface area contributed by atoms with Crippen LogP contribution < -0.4 is 0 Å². The summed E-state index contributed by atoms with van der Waals surface area (Å²) in [7, 11) is 0. The first kappa shape index (κ1) is 10.6. The van der Waals surface area contributed by atoms with Gasteiger partial charge in [0.05, 0.1) is 12.2 Å². The molecular weight excluding hydrogens is 178 g/mol. The van der Waals surface area contributed by atoms with Crippen molar-refractivity contribution in [3.63, 3.8) is 0 Å². The summed E-state index contributed by atoms with van der Waals surface area (Å²) >= 11 is 0. The fraction of sp³-hybridized carbons (Fsp3) is 0.600. The minimum atomic E-state index is 0.145. The van der Waals surface area contributed by atoms with Gasteiger partial charge in [-0.2, -0.15) is 10.5 Å². The zero-order valence-corrected chi connectivity index (χ0v) is 8.40. The van der Waals surface area contributed by atoms with Crippen LogP contribution in [0, 0.1) is 22.7 Å². The van der Waals surface area contributed by atoms with Gasteiger partial charge < -0.3 is 9.64 Å². The highest BCUT2D eigenvalue weighted by atomic mass is 16.5. The van der Waals surface area contributed by atoms with Gasteiger partial charge in [-0.1, -0.05) is 0 Å². The van der Waals surface area contributed by atoms with Gasteiger partial charge in [0.2, 0.25) is 0 Å². The first-order chi connectivity index (χ1) is 6.65. The van der Waals surface area contributed by atoms with E-state index in [-0.39, 0.29) is 17.8 Å². The fourth-order valence-electron chi connectivity index (χ4n) is 1.59. The van der Waals surface area contributed by atoms with Crippen molar-refractivity contribution in [1.82, 2.24) is 4.90 Å². The molecule has 0 aromatic heterocycles. The Kier molecular flexibility index (Phi) is 3.50. The summed E-state index contributed by atoms with van der Waals surface area (Å²) in [6.07, 6.45) is 1.90. The molecule has 0 aromatic rings. The molecule has 0 saturated carbocycles. The number of nitrogens with zero attached hydrogens (tertiary/aromatic N) is 3. The normalized spacial score (nSPS) is 26.1. The second-order valence-corrected chi connectivity index (χ2v) is 3.48. The summed E-state index contributed by atoms with van der Waals surface area (Å²) in [6, 6.07) is 3.69. The van der Waals surface area contributed by atoms with Crippen molar-refractivity contribution in [2.45, 2.75) is 26.1 Å². The van der Waals surface area contributed by atoms with Crippen molar-refractivity contribution in [2.24, 2.45) is 0 Å². The Balaban J connectivity index is 2.66. The highest BCUT2D eigenvalue weighted by Crippen LogP contribution is 2.11.